The second kappa shape index (κ2) is 9.08. The average Bonchev–Trinajstić information content (AvgIpc) is 2.44. The average molecular weight is 276 g/mol. The van der Waals surface area contributed by atoms with Gasteiger partial charge in [-0.1, -0.05) is 25.7 Å². The van der Waals surface area contributed by atoms with Crippen LogP contribution in [-0.2, 0) is 4.74 Å². The van der Waals surface area contributed by atoms with Crippen LogP contribution in [0.5, 0.6) is 0 Å². The van der Waals surface area contributed by atoms with E-state index < -0.39 is 0 Å². The predicted molar refractivity (Wildman–Crippen MR) is 76.2 cm³/mol. The molecule has 5 heteroatoms. The molecule has 0 bridgehead atoms. The highest BCUT2D eigenvalue weighted by Crippen LogP contribution is 2.03. The van der Waals surface area contributed by atoms with E-state index in [4.69, 9.17) is 9.84 Å². The molecule has 1 aromatic rings. The van der Waals surface area contributed by atoms with Gasteiger partial charge in [-0.15, -0.1) is 0 Å². The van der Waals surface area contributed by atoms with Gasteiger partial charge in [0.05, 0.1) is 12.2 Å². The van der Waals surface area contributed by atoms with E-state index in [0.717, 1.165) is 0 Å². The number of carbonyl (C=O) groups is 1. The molecule has 0 aliphatic rings. The lowest BCUT2D eigenvalue weighted by atomic mass is 10.2. The molecule has 0 spiro atoms. The Kier molecular flexibility index (Phi) is 7.33. The number of amides is 1. The highest BCUT2D eigenvalue weighted by molar-refractivity contribution is 5.94. The van der Waals surface area contributed by atoms with Crippen LogP contribution in [0.15, 0.2) is 18.3 Å². The lowest BCUT2D eigenvalue weighted by Crippen LogP contribution is -2.29. The van der Waals surface area contributed by atoms with Crippen LogP contribution in [-0.4, -0.2) is 42.4 Å². The monoisotopic (exact) mass is 276 g/mol. The highest BCUT2D eigenvalue weighted by Gasteiger charge is 2.10. The summed E-state index contributed by atoms with van der Waals surface area (Å²) in [5, 5.41) is 11.4. The number of pyridine rings is 1. The van der Waals surface area contributed by atoms with Gasteiger partial charge in [-0.05, 0) is 18.1 Å². The van der Waals surface area contributed by atoms with Gasteiger partial charge in [0.2, 0.25) is 0 Å². The number of rotatable bonds is 6. The van der Waals surface area contributed by atoms with E-state index in [9.17, 15) is 4.79 Å². The second-order valence-corrected chi connectivity index (χ2v) is 4.58. The quantitative estimate of drug-likeness (QED) is 0.596. The van der Waals surface area contributed by atoms with Gasteiger partial charge in [-0.2, -0.15) is 0 Å². The van der Waals surface area contributed by atoms with E-state index in [1.165, 1.54) is 6.20 Å². The highest BCUT2D eigenvalue weighted by atomic mass is 16.5. The second-order valence-electron chi connectivity index (χ2n) is 4.58. The van der Waals surface area contributed by atoms with Crippen molar-refractivity contribution in [3.05, 3.63) is 29.6 Å². The van der Waals surface area contributed by atoms with Gasteiger partial charge >= 0.3 is 0 Å². The molecular formula is C15H20N2O3. The van der Waals surface area contributed by atoms with Gasteiger partial charge in [0, 0.05) is 19.3 Å². The van der Waals surface area contributed by atoms with Gasteiger partial charge in [0.25, 0.3) is 5.91 Å². The Morgan fingerprint density at radius 1 is 1.55 bits per heavy atom. The summed E-state index contributed by atoms with van der Waals surface area (Å²) in [6.45, 7) is 5.45. The minimum absolute atomic E-state index is 0.251. The SMILES string of the molecule is CC(C)COCCNC(=O)c1ncccc1C#CCO. The van der Waals surface area contributed by atoms with Gasteiger partial charge < -0.3 is 15.2 Å². The minimum atomic E-state index is -0.291. The van der Waals surface area contributed by atoms with Gasteiger partial charge in [-0.3, -0.25) is 4.79 Å². The molecule has 1 heterocycles. The van der Waals surface area contributed by atoms with Crippen molar-refractivity contribution in [2.24, 2.45) is 5.92 Å². The first-order valence-corrected chi connectivity index (χ1v) is 6.55. The fourth-order valence-corrected chi connectivity index (χ4v) is 1.46. The molecule has 0 aliphatic carbocycles. The standard InChI is InChI=1S/C15H20N2O3/c1-12(2)11-20-10-8-17-15(19)14-13(6-4-9-18)5-3-7-16-14/h3,5,7,12,18H,8-11H2,1-2H3,(H,17,19). The molecule has 0 saturated carbocycles. The van der Waals surface area contributed by atoms with Crippen molar-refractivity contribution in [3.63, 3.8) is 0 Å². The third-order valence-electron chi connectivity index (χ3n) is 2.31. The van der Waals surface area contributed by atoms with E-state index in [1.54, 1.807) is 12.1 Å². The molecule has 5 nitrogen and oxygen atoms in total. The van der Waals surface area contributed by atoms with Crippen LogP contribution in [0.1, 0.15) is 29.9 Å². The molecule has 1 aromatic heterocycles. The Morgan fingerprint density at radius 2 is 2.35 bits per heavy atom. The number of aromatic nitrogens is 1. The molecule has 20 heavy (non-hydrogen) atoms. The number of aliphatic hydroxyl groups excluding tert-OH is 1. The molecule has 0 atom stereocenters. The van der Waals surface area contributed by atoms with Crippen LogP contribution in [0, 0.1) is 17.8 Å². The molecule has 0 aromatic carbocycles. The molecule has 1 amide bonds. The Bertz CT molecular complexity index is 489. The normalized spacial score (nSPS) is 10.0. The summed E-state index contributed by atoms with van der Waals surface area (Å²) in [4.78, 5) is 16.0. The number of aliphatic hydroxyl groups is 1. The molecule has 0 fully saturated rings. The number of hydrogen-bond acceptors (Lipinski definition) is 4. The number of nitrogens with zero attached hydrogens (tertiary/aromatic N) is 1. The summed E-state index contributed by atoms with van der Waals surface area (Å²) in [7, 11) is 0. The zero-order valence-corrected chi connectivity index (χ0v) is 11.8. The number of hydrogen-bond donors (Lipinski definition) is 2. The summed E-state index contributed by atoms with van der Waals surface area (Å²) in [5.41, 5.74) is 0.763. The van der Waals surface area contributed by atoms with Gasteiger partial charge in [0.1, 0.15) is 12.3 Å². The predicted octanol–water partition coefficient (Wildman–Crippen LogP) is 0.828. The molecule has 0 unspecified atom stereocenters. The lowest BCUT2D eigenvalue weighted by Gasteiger charge is -2.08. The summed E-state index contributed by atoms with van der Waals surface area (Å²) in [5.74, 6) is 5.40. The maximum atomic E-state index is 12.0. The third kappa shape index (κ3) is 5.83. The summed E-state index contributed by atoms with van der Waals surface area (Å²) < 4.78 is 5.38. The van der Waals surface area contributed by atoms with Crippen molar-refractivity contribution in [1.29, 1.82) is 0 Å². The van der Waals surface area contributed by atoms with Crippen LogP contribution in [0.2, 0.25) is 0 Å². The van der Waals surface area contributed by atoms with E-state index in [2.05, 4.69) is 36.0 Å². The van der Waals surface area contributed by atoms with Crippen LogP contribution in [0.25, 0.3) is 0 Å². The van der Waals surface area contributed by atoms with Crippen LogP contribution in [0.4, 0.5) is 0 Å². The summed E-state index contributed by atoms with van der Waals surface area (Å²) >= 11 is 0. The first kappa shape index (κ1) is 16.2. The molecule has 2 N–H and O–H groups in total. The maximum Gasteiger partial charge on any atom is 0.271 e. The molecule has 0 aliphatic heterocycles. The fourth-order valence-electron chi connectivity index (χ4n) is 1.46. The number of nitrogens with one attached hydrogen (secondary N) is 1. The van der Waals surface area contributed by atoms with Gasteiger partial charge in [0.15, 0.2) is 0 Å². The third-order valence-corrected chi connectivity index (χ3v) is 2.31. The number of carbonyl (C=O) groups excluding carboxylic acids is 1. The smallest absolute Gasteiger partial charge is 0.271 e. The van der Waals surface area contributed by atoms with Crippen molar-refractivity contribution < 1.29 is 14.6 Å². The van der Waals surface area contributed by atoms with Crippen molar-refractivity contribution in [2.45, 2.75) is 13.8 Å². The van der Waals surface area contributed by atoms with E-state index in [-0.39, 0.29) is 18.2 Å². The van der Waals surface area contributed by atoms with Crippen LogP contribution in [0.3, 0.4) is 0 Å². The molecular weight excluding hydrogens is 256 g/mol. The fraction of sp³-hybridized carbons (Fsp3) is 0.467. The van der Waals surface area contributed by atoms with Crippen molar-refractivity contribution in [3.8, 4) is 11.8 Å². The van der Waals surface area contributed by atoms with E-state index >= 15 is 0 Å². The molecule has 1 rings (SSSR count). The topological polar surface area (TPSA) is 71.5 Å². The Balaban J connectivity index is 2.51. The Morgan fingerprint density at radius 3 is 3.05 bits per heavy atom. The maximum absolute atomic E-state index is 12.0. The molecule has 108 valence electrons. The molecule has 0 saturated heterocycles. The van der Waals surface area contributed by atoms with Crippen molar-refractivity contribution in [2.75, 3.05) is 26.4 Å². The van der Waals surface area contributed by atoms with Crippen LogP contribution < -0.4 is 5.32 Å². The van der Waals surface area contributed by atoms with Crippen LogP contribution >= 0.6 is 0 Å². The van der Waals surface area contributed by atoms with Crippen molar-refractivity contribution >= 4 is 5.91 Å². The molecule has 0 radical (unpaired) electrons. The minimum Gasteiger partial charge on any atom is -0.384 e. The first-order valence-electron chi connectivity index (χ1n) is 6.55. The first-order chi connectivity index (χ1) is 9.65. The Hall–Kier alpha value is -1.90. The summed E-state index contributed by atoms with van der Waals surface area (Å²) in [6, 6.07) is 3.39. The van der Waals surface area contributed by atoms with Gasteiger partial charge in [-0.25, -0.2) is 4.98 Å². The summed E-state index contributed by atoms with van der Waals surface area (Å²) in [6.07, 6.45) is 1.54. The van der Waals surface area contributed by atoms with E-state index in [1.807, 2.05) is 0 Å². The van der Waals surface area contributed by atoms with E-state index in [0.29, 0.717) is 31.2 Å². The Labute approximate surface area is 119 Å². The number of ether oxygens (including phenoxy) is 1. The lowest BCUT2D eigenvalue weighted by molar-refractivity contribution is 0.0882. The largest absolute Gasteiger partial charge is 0.384 e. The zero-order chi connectivity index (χ0) is 14.8. The zero-order valence-electron chi connectivity index (χ0n) is 11.8. The van der Waals surface area contributed by atoms with Crippen molar-refractivity contribution in [1.82, 2.24) is 10.3 Å².